The minimum atomic E-state index is -2.21. The first kappa shape index (κ1) is 32.5. The normalized spacial score (nSPS) is 11.7. The lowest BCUT2D eigenvalue weighted by molar-refractivity contribution is 0.376. The number of nitrogens with zero attached hydrogens (tertiary/aromatic N) is 4. The van der Waals surface area contributed by atoms with Crippen LogP contribution in [0.3, 0.4) is 0 Å². The predicted octanol–water partition coefficient (Wildman–Crippen LogP) is 12.4. The Hall–Kier alpha value is -7.13. The molecule has 9 heteroatoms. The van der Waals surface area contributed by atoms with Crippen molar-refractivity contribution in [2.45, 2.75) is 0 Å². The lowest BCUT2D eigenvalue weighted by Crippen LogP contribution is -2.09. The van der Waals surface area contributed by atoms with Crippen molar-refractivity contribution in [3.05, 3.63) is 181 Å². The van der Waals surface area contributed by atoms with Crippen LogP contribution in [0.25, 0.3) is 88.9 Å². The standard InChI is InChI=1S/C46H25F5N4/c47-39-40(48)42(50)45(43(51)41(39)49)55-35-17-9-7-15-30(35)31-23-24-37-38(44(31)55)32-16-8-10-18-36(32)54(37)29-21-19-27(20-22-29)34-25-33(26-11-3-1-4-12-26)52-46(53-34)28-13-5-2-6-14-28/h1-25H. The molecule has 0 N–H and O–H groups in total. The van der Waals surface area contributed by atoms with Gasteiger partial charge in [-0.05, 0) is 36.4 Å². The first-order valence-electron chi connectivity index (χ1n) is 17.5. The molecule has 264 valence electrons. The summed E-state index contributed by atoms with van der Waals surface area (Å²) in [7, 11) is 0. The third kappa shape index (κ3) is 4.96. The molecule has 0 aliphatic heterocycles. The molecule has 0 aliphatic carbocycles. The van der Waals surface area contributed by atoms with E-state index in [-0.39, 0.29) is 0 Å². The molecule has 10 aromatic rings. The molecule has 0 atom stereocenters. The monoisotopic (exact) mass is 728 g/mol. The van der Waals surface area contributed by atoms with Gasteiger partial charge < -0.3 is 9.13 Å². The summed E-state index contributed by atoms with van der Waals surface area (Å²) in [5, 5.41) is 2.51. The van der Waals surface area contributed by atoms with E-state index in [1.54, 1.807) is 24.3 Å². The van der Waals surface area contributed by atoms with Gasteiger partial charge in [0.05, 0.1) is 33.5 Å². The van der Waals surface area contributed by atoms with Crippen LogP contribution in [0.15, 0.2) is 152 Å². The van der Waals surface area contributed by atoms with Crippen molar-refractivity contribution in [3.8, 4) is 45.3 Å². The van der Waals surface area contributed by atoms with E-state index in [0.717, 1.165) is 49.2 Å². The van der Waals surface area contributed by atoms with Gasteiger partial charge in [-0.3, -0.25) is 0 Å². The van der Waals surface area contributed by atoms with E-state index in [9.17, 15) is 13.2 Å². The third-order valence-electron chi connectivity index (χ3n) is 10.1. The topological polar surface area (TPSA) is 35.6 Å². The van der Waals surface area contributed by atoms with Gasteiger partial charge in [-0.2, -0.15) is 0 Å². The second-order valence-corrected chi connectivity index (χ2v) is 13.2. The van der Waals surface area contributed by atoms with E-state index in [1.807, 2.05) is 132 Å². The maximum absolute atomic E-state index is 15.7. The van der Waals surface area contributed by atoms with Crippen LogP contribution in [0.5, 0.6) is 0 Å². The number of hydrogen-bond donors (Lipinski definition) is 0. The minimum absolute atomic E-state index is 0.295. The first-order chi connectivity index (χ1) is 26.9. The van der Waals surface area contributed by atoms with Crippen LogP contribution in [0.1, 0.15) is 0 Å². The minimum Gasteiger partial charge on any atom is -0.309 e. The lowest BCUT2D eigenvalue weighted by Gasteiger charge is -2.13. The molecule has 0 spiro atoms. The van der Waals surface area contributed by atoms with Gasteiger partial charge in [0.15, 0.2) is 29.1 Å². The Labute approximate surface area is 310 Å². The molecule has 55 heavy (non-hydrogen) atoms. The van der Waals surface area contributed by atoms with Crippen molar-refractivity contribution in [1.29, 1.82) is 0 Å². The van der Waals surface area contributed by atoms with Crippen molar-refractivity contribution in [1.82, 2.24) is 19.1 Å². The smallest absolute Gasteiger partial charge is 0.200 e. The van der Waals surface area contributed by atoms with Crippen LogP contribution in [-0.2, 0) is 0 Å². The highest BCUT2D eigenvalue weighted by Gasteiger charge is 2.30. The zero-order valence-electron chi connectivity index (χ0n) is 28.6. The Morgan fingerprint density at radius 3 is 1.53 bits per heavy atom. The second-order valence-electron chi connectivity index (χ2n) is 13.2. The van der Waals surface area contributed by atoms with Gasteiger partial charge in [0.1, 0.15) is 5.69 Å². The molecule has 0 bridgehead atoms. The van der Waals surface area contributed by atoms with E-state index in [4.69, 9.17) is 9.97 Å². The summed E-state index contributed by atoms with van der Waals surface area (Å²) in [5.74, 6) is -9.46. The Morgan fingerprint density at radius 2 is 0.891 bits per heavy atom. The van der Waals surface area contributed by atoms with E-state index in [1.165, 1.54) is 0 Å². The summed E-state index contributed by atoms with van der Waals surface area (Å²) in [5.41, 5.74) is 6.04. The molecule has 3 aromatic heterocycles. The SMILES string of the molecule is Fc1c(F)c(F)c(-n2c3ccccc3c3ccc4c(c5ccccc5n4-c4ccc(-c5cc(-c6ccccc6)nc(-c6ccccc6)n5)cc4)c32)c(F)c1F. The molecular weight excluding hydrogens is 704 g/mol. The van der Waals surface area contributed by atoms with Gasteiger partial charge >= 0.3 is 0 Å². The fraction of sp³-hybridized carbons (Fsp3) is 0. The maximum atomic E-state index is 15.7. The Kier molecular flexibility index (Phi) is 7.38. The molecule has 0 saturated heterocycles. The highest BCUT2D eigenvalue weighted by Crippen LogP contribution is 2.43. The van der Waals surface area contributed by atoms with Gasteiger partial charge in [0, 0.05) is 43.9 Å². The van der Waals surface area contributed by atoms with Crippen molar-refractivity contribution in [3.63, 3.8) is 0 Å². The first-order valence-corrected chi connectivity index (χ1v) is 17.5. The van der Waals surface area contributed by atoms with Crippen molar-refractivity contribution >= 4 is 43.6 Å². The maximum Gasteiger partial charge on any atom is 0.200 e. The summed E-state index contributed by atoms with van der Waals surface area (Å²) in [6.07, 6.45) is 0. The number of rotatable bonds is 5. The summed E-state index contributed by atoms with van der Waals surface area (Å²) in [6, 6.07) is 47.7. The number of benzene rings is 7. The summed E-state index contributed by atoms with van der Waals surface area (Å²) >= 11 is 0. The van der Waals surface area contributed by atoms with Gasteiger partial charge in [0.2, 0.25) is 5.82 Å². The number of aromatic nitrogens is 4. The van der Waals surface area contributed by atoms with E-state index in [2.05, 4.69) is 0 Å². The fourth-order valence-electron chi connectivity index (χ4n) is 7.66. The molecule has 4 nitrogen and oxygen atoms in total. The zero-order valence-corrected chi connectivity index (χ0v) is 28.6. The zero-order chi connectivity index (χ0) is 37.4. The van der Waals surface area contributed by atoms with Gasteiger partial charge in [-0.15, -0.1) is 0 Å². The Bertz CT molecular complexity index is 3050. The molecule has 10 rings (SSSR count). The Morgan fingerprint density at radius 1 is 0.382 bits per heavy atom. The van der Waals surface area contributed by atoms with Gasteiger partial charge in [-0.1, -0.05) is 115 Å². The number of hydrogen-bond acceptors (Lipinski definition) is 2. The van der Waals surface area contributed by atoms with Gasteiger partial charge in [-0.25, -0.2) is 31.9 Å². The molecule has 0 radical (unpaired) electrons. The summed E-state index contributed by atoms with van der Waals surface area (Å²) < 4.78 is 78.4. The van der Waals surface area contributed by atoms with Crippen molar-refractivity contribution in [2.75, 3.05) is 0 Å². The number of halogens is 5. The quantitative estimate of drug-likeness (QED) is 0.100. The van der Waals surface area contributed by atoms with Crippen LogP contribution < -0.4 is 0 Å². The van der Waals surface area contributed by atoms with Crippen molar-refractivity contribution < 1.29 is 22.0 Å². The van der Waals surface area contributed by atoms with Crippen LogP contribution in [0.2, 0.25) is 0 Å². The lowest BCUT2D eigenvalue weighted by atomic mass is 10.1. The third-order valence-corrected chi connectivity index (χ3v) is 10.1. The largest absolute Gasteiger partial charge is 0.309 e. The summed E-state index contributed by atoms with van der Waals surface area (Å²) in [6.45, 7) is 0. The summed E-state index contributed by atoms with van der Waals surface area (Å²) in [4.78, 5) is 9.85. The van der Waals surface area contributed by atoms with Gasteiger partial charge in [0.25, 0.3) is 0 Å². The molecule has 0 unspecified atom stereocenters. The van der Waals surface area contributed by atoms with Crippen LogP contribution in [0.4, 0.5) is 22.0 Å². The molecule has 7 aromatic carbocycles. The number of fused-ring (bicyclic) bond motifs is 7. The fourth-order valence-corrected chi connectivity index (χ4v) is 7.66. The average molecular weight is 729 g/mol. The van der Waals surface area contributed by atoms with Crippen LogP contribution >= 0.6 is 0 Å². The van der Waals surface area contributed by atoms with Crippen molar-refractivity contribution in [2.24, 2.45) is 0 Å². The highest BCUT2D eigenvalue weighted by molar-refractivity contribution is 6.26. The van der Waals surface area contributed by atoms with E-state index < -0.39 is 34.8 Å². The molecule has 0 fully saturated rings. The Balaban J connectivity index is 1.20. The predicted molar refractivity (Wildman–Crippen MR) is 207 cm³/mol. The molecule has 3 heterocycles. The highest BCUT2D eigenvalue weighted by atomic mass is 19.2. The molecule has 0 amide bonds. The van der Waals surface area contributed by atoms with E-state index in [0.29, 0.717) is 38.5 Å². The molecule has 0 saturated carbocycles. The van der Waals surface area contributed by atoms with Crippen LogP contribution in [-0.4, -0.2) is 19.1 Å². The van der Waals surface area contributed by atoms with Crippen LogP contribution in [0, 0.1) is 29.1 Å². The molecule has 0 aliphatic rings. The average Bonchev–Trinajstić information content (AvgIpc) is 3.76. The number of para-hydroxylation sites is 2. The second kappa shape index (κ2) is 12.5. The molecular formula is C46H25F5N4. The van der Waals surface area contributed by atoms with E-state index >= 15 is 8.78 Å².